The van der Waals surface area contributed by atoms with E-state index in [1.54, 1.807) is 13.8 Å². The van der Waals surface area contributed by atoms with Crippen LogP contribution in [-0.2, 0) is 28.8 Å². The predicted octanol–water partition coefficient (Wildman–Crippen LogP) is -3.31. The Hall–Kier alpha value is -3.95. The predicted molar refractivity (Wildman–Crippen MR) is 131 cm³/mol. The van der Waals surface area contributed by atoms with Gasteiger partial charge in [0.1, 0.15) is 18.1 Å². The summed E-state index contributed by atoms with van der Waals surface area (Å²) in [4.78, 5) is 75.5. The molecule has 0 saturated heterocycles. The molecule has 0 radical (unpaired) electrons. The molecule has 13 N–H and O–H groups in total. The van der Waals surface area contributed by atoms with Crippen LogP contribution < -0.4 is 38.9 Å². The third-order valence-corrected chi connectivity index (χ3v) is 4.94. The van der Waals surface area contributed by atoms with Crippen LogP contribution in [0.4, 0.5) is 0 Å². The number of hydrogen-bond acceptors (Lipinski definition) is 8. The maximum absolute atomic E-state index is 13.0. The van der Waals surface area contributed by atoms with Crippen LogP contribution in [0.2, 0.25) is 0 Å². The quantitative estimate of drug-likeness (QED) is 0.0480. The normalized spacial score (nSPS) is 13.9. The Balaban J connectivity index is 5.50. The van der Waals surface area contributed by atoms with E-state index in [9.17, 15) is 33.9 Å². The van der Waals surface area contributed by atoms with E-state index in [0.29, 0.717) is 6.42 Å². The van der Waals surface area contributed by atoms with Gasteiger partial charge in [-0.3, -0.25) is 29.0 Å². The molecule has 0 heterocycles. The zero-order valence-corrected chi connectivity index (χ0v) is 20.9. The van der Waals surface area contributed by atoms with Crippen molar-refractivity contribution in [1.82, 2.24) is 16.0 Å². The Morgan fingerprint density at radius 3 is 1.84 bits per heavy atom. The molecule has 0 saturated carbocycles. The van der Waals surface area contributed by atoms with Crippen LogP contribution in [-0.4, -0.2) is 82.5 Å². The van der Waals surface area contributed by atoms with Crippen molar-refractivity contribution in [3.8, 4) is 0 Å². The molecule has 4 atom stereocenters. The molecule has 16 heteroatoms. The summed E-state index contributed by atoms with van der Waals surface area (Å²) in [5.74, 6) is -6.45. The van der Waals surface area contributed by atoms with E-state index in [1.165, 1.54) is 0 Å². The van der Waals surface area contributed by atoms with Gasteiger partial charge in [-0.25, -0.2) is 4.79 Å². The maximum atomic E-state index is 13.0. The monoisotopic (exact) mass is 530 g/mol. The molecule has 37 heavy (non-hydrogen) atoms. The molecule has 0 aliphatic rings. The van der Waals surface area contributed by atoms with Gasteiger partial charge in [-0.05, 0) is 31.6 Å². The molecule has 4 unspecified atom stereocenters. The van der Waals surface area contributed by atoms with E-state index in [4.69, 9.17) is 28.0 Å². The summed E-state index contributed by atoms with van der Waals surface area (Å²) in [5.41, 5.74) is 21.4. The zero-order chi connectivity index (χ0) is 28.7. The number of nitrogens with two attached hydrogens (primary N) is 4. The Morgan fingerprint density at radius 1 is 0.811 bits per heavy atom. The molecule has 4 amide bonds. The number of rotatable bonds is 18. The third kappa shape index (κ3) is 14.9. The second-order valence-electron chi connectivity index (χ2n) is 8.81. The summed E-state index contributed by atoms with van der Waals surface area (Å²) >= 11 is 0. The average Bonchev–Trinajstić information content (AvgIpc) is 2.76. The molecule has 0 aliphatic heterocycles. The van der Waals surface area contributed by atoms with Crippen molar-refractivity contribution in [2.45, 2.75) is 76.5 Å². The number of nitrogens with zero attached hydrogens (tertiary/aromatic N) is 1. The third-order valence-electron chi connectivity index (χ3n) is 4.94. The fourth-order valence-corrected chi connectivity index (χ4v) is 3.11. The number of hydrogen-bond donors (Lipinski definition) is 9. The summed E-state index contributed by atoms with van der Waals surface area (Å²) < 4.78 is 0. The standard InChI is InChI=1S/C21H38N8O8/c1-10(2)8-13(28-17(33)11(22)4-3-7-26-21(24)25)19(35)27-12(5-6-16(31)32)18(34)29-14(20(36)37)9-15(23)30/h10-14H,3-9,22H2,1-2H3,(H2,23,30)(H,27,35)(H,28,33)(H,29,34)(H,31,32)(H,36,37)(H4,24,25,26). The van der Waals surface area contributed by atoms with Crippen molar-refractivity contribution in [3.05, 3.63) is 0 Å². The topological polar surface area (TPSA) is 295 Å². The number of carbonyl (C=O) groups is 6. The molecule has 0 spiro atoms. The highest BCUT2D eigenvalue weighted by molar-refractivity contribution is 5.95. The minimum atomic E-state index is -1.68. The van der Waals surface area contributed by atoms with Gasteiger partial charge in [0.05, 0.1) is 12.5 Å². The van der Waals surface area contributed by atoms with Gasteiger partial charge < -0.3 is 49.1 Å². The molecular weight excluding hydrogens is 492 g/mol. The van der Waals surface area contributed by atoms with Gasteiger partial charge in [0.2, 0.25) is 23.6 Å². The van der Waals surface area contributed by atoms with E-state index < -0.39 is 72.6 Å². The first-order valence-corrected chi connectivity index (χ1v) is 11.6. The van der Waals surface area contributed by atoms with Gasteiger partial charge in [0.15, 0.2) is 5.96 Å². The Bertz CT molecular complexity index is 859. The summed E-state index contributed by atoms with van der Waals surface area (Å²) in [6, 6.07) is -5.26. The van der Waals surface area contributed by atoms with Crippen LogP contribution in [0.1, 0.15) is 52.4 Å². The molecular formula is C21H38N8O8. The number of amides is 4. The minimum Gasteiger partial charge on any atom is -0.481 e. The first-order chi connectivity index (χ1) is 17.1. The van der Waals surface area contributed by atoms with Gasteiger partial charge in [0, 0.05) is 13.0 Å². The number of nitrogens with one attached hydrogen (secondary N) is 3. The van der Waals surface area contributed by atoms with E-state index in [2.05, 4.69) is 20.9 Å². The van der Waals surface area contributed by atoms with Crippen molar-refractivity contribution >= 4 is 41.5 Å². The second kappa shape index (κ2) is 16.7. The summed E-state index contributed by atoms with van der Waals surface area (Å²) in [5, 5.41) is 25.2. The average molecular weight is 531 g/mol. The molecule has 0 aromatic heterocycles. The molecule has 0 aromatic carbocycles. The van der Waals surface area contributed by atoms with Gasteiger partial charge >= 0.3 is 11.9 Å². The highest BCUT2D eigenvalue weighted by atomic mass is 16.4. The van der Waals surface area contributed by atoms with Crippen molar-refractivity contribution in [3.63, 3.8) is 0 Å². The SMILES string of the molecule is CC(C)CC(NC(=O)C(N)CCCN=C(N)N)C(=O)NC(CCC(=O)O)C(=O)NC(CC(N)=O)C(=O)O. The highest BCUT2D eigenvalue weighted by Gasteiger charge is 2.31. The van der Waals surface area contributed by atoms with E-state index in [-0.39, 0.29) is 37.7 Å². The first-order valence-electron chi connectivity index (χ1n) is 11.6. The van der Waals surface area contributed by atoms with Crippen molar-refractivity contribution in [2.75, 3.05) is 6.54 Å². The lowest BCUT2D eigenvalue weighted by atomic mass is 10.0. The van der Waals surface area contributed by atoms with Gasteiger partial charge in [-0.2, -0.15) is 0 Å². The van der Waals surface area contributed by atoms with Crippen LogP contribution in [0.25, 0.3) is 0 Å². The van der Waals surface area contributed by atoms with E-state index in [0.717, 1.165) is 0 Å². The summed E-state index contributed by atoms with van der Waals surface area (Å²) in [7, 11) is 0. The Labute approximate surface area is 214 Å². The number of aliphatic imine (C=N–C) groups is 1. The fraction of sp³-hybridized carbons (Fsp3) is 0.667. The van der Waals surface area contributed by atoms with Gasteiger partial charge in [-0.15, -0.1) is 0 Å². The molecule has 16 nitrogen and oxygen atoms in total. The van der Waals surface area contributed by atoms with Crippen LogP contribution >= 0.6 is 0 Å². The summed E-state index contributed by atoms with van der Waals surface area (Å²) in [6.07, 6.45) is -0.852. The lowest BCUT2D eigenvalue weighted by Gasteiger charge is -2.25. The fourth-order valence-electron chi connectivity index (χ4n) is 3.11. The van der Waals surface area contributed by atoms with Crippen LogP contribution in [0.5, 0.6) is 0 Å². The molecule has 0 aliphatic carbocycles. The number of carbonyl (C=O) groups excluding carboxylic acids is 4. The molecule has 0 aromatic rings. The highest BCUT2D eigenvalue weighted by Crippen LogP contribution is 2.08. The van der Waals surface area contributed by atoms with Crippen LogP contribution in [0.3, 0.4) is 0 Å². The number of primary amides is 1. The Morgan fingerprint density at radius 2 is 1.35 bits per heavy atom. The molecule has 0 rings (SSSR count). The van der Waals surface area contributed by atoms with E-state index in [1.807, 2.05) is 0 Å². The Kier molecular flexibility index (Phi) is 14.9. The number of aliphatic carboxylic acids is 2. The van der Waals surface area contributed by atoms with Crippen molar-refractivity contribution < 1.29 is 39.0 Å². The van der Waals surface area contributed by atoms with Gasteiger partial charge in [-0.1, -0.05) is 13.8 Å². The molecule has 0 fully saturated rings. The number of carboxylic acid groups (broad SMARTS) is 2. The van der Waals surface area contributed by atoms with Crippen LogP contribution in [0.15, 0.2) is 4.99 Å². The van der Waals surface area contributed by atoms with Crippen molar-refractivity contribution in [2.24, 2.45) is 33.8 Å². The van der Waals surface area contributed by atoms with E-state index >= 15 is 0 Å². The second-order valence-corrected chi connectivity index (χ2v) is 8.81. The number of carboxylic acids is 2. The van der Waals surface area contributed by atoms with Gasteiger partial charge in [0.25, 0.3) is 0 Å². The minimum absolute atomic E-state index is 0.0765. The van der Waals surface area contributed by atoms with Crippen LogP contribution in [0, 0.1) is 5.92 Å². The lowest BCUT2D eigenvalue weighted by molar-refractivity contribution is -0.144. The largest absolute Gasteiger partial charge is 0.481 e. The number of guanidine groups is 1. The zero-order valence-electron chi connectivity index (χ0n) is 20.9. The molecule has 0 bridgehead atoms. The lowest BCUT2D eigenvalue weighted by Crippen LogP contribution is -2.57. The first kappa shape index (κ1) is 33.0. The summed E-state index contributed by atoms with van der Waals surface area (Å²) in [6.45, 7) is 3.83. The smallest absolute Gasteiger partial charge is 0.326 e. The molecule has 210 valence electrons. The maximum Gasteiger partial charge on any atom is 0.326 e. The van der Waals surface area contributed by atoms with Crippen molar-refractivity contribution in [1.29, 1.82) is 0 Å².